The number of nitrogens with one attached hydrogen (secondary N) is 2. The Balaban J connectivity index is 0.00000484. The van der Waals surface area contributed by atoms with Crippen molar-refractivity contribution in [1.82, 2.24) is 15.5 Å². The number of aryl methyl sites for hydroxylation is 1. The molecular weight excluding hydrogens is 419 g/mol. The molecule has 1 aromatic heterocycles. The molecular formula is C17H33IN4S. The van der Waals surface area contributed by atoms with Gasteiger partial charge in [0.05, 0.1) is 6.54 Å². The maximum absolute atomic E-state index is 4.70. The minimum atomic E-state index is 0. The number of aliphatic imine (C=N–C) groups is 1. The topological polar surface area (TPSA) is 39.7 Å². The Bertz CT molecular complexity index is 469. The van der Waals surface area contributed by atoms with Gasteiger partial charge < -0.3 is 15.5 Å². The number of guanidine groups is 1. The van der Waals surface area contributed by atoms with Gasteiger partial charge in [-0.15, -0.1) is 35.3 Å². The van der Waals surface area contributed by atoms with E-state index >= 15 is 0 Å². The molecule has 0 unspecified atom stereocenters. The van der Waals surface area contributed by atoms with E-state index in [1.54, 1.807) is 0 Å². The van der Waals surface area contributed by atoms with Gasteiger partial charge in [0.25, 0.3) is 0 Å². The molecule has 0 bridgehead atoms. The van der Waals surface area contributed by atoms with Crippen LogP contribution in [0.15, 0.2) is 17.1 Å². The number of hydrogen-bond acceptors (Lipinski definition) is 3. The van der Waals surface area contributed by atoms with E-state index in [0.717, 1.165) is 38.6 Å². The normalized spacial score (nSPS) is 12.2. The SMILES string of the molecule is CCNC(=NCc1ccc(CC)s1)NCC(C)(C)CN(C)C.I. The average Bonchev–Trinajstić information content (AvgIpc) is 2.88. The highest BCUT2D eigenvalue weighted by molar-refractivity contribution is 14.0. The highest BCUT2D eigenvalue weighted by atomic mass is 127. The molecule has 0 aromatic carbocycles. The maximum atomic E-state index is 4.70. The smallest absolute Gasteiger partial charge is 0.191 e. The second kappa shape index (κ2) is 11.3. The summed E-state index contributed by atoms with van der Waals surface area (Å²) in [6.07, 6.45) is 1.10. The van der Waals surface area contributed by atoms with Crippen molar-refractivity contribution < 1.29 is 0 Å². The largest absolute Gasteiger partial charge is 0.357 e. The molecule has 2 N–H and O–H groups in total. The summed E-state index contributed by atoms with van der Waals surface area (Å²) in [5, 5.41) is 6.80. The van der Waals surface area contributed by atoms with Crippen LogP contribution in [0.2, 0.25) is 0 Å². The Labute approximate surface area is 163 Å². The fourth-order valence-electron chi connectivity index (χ4n) is 2.43. The van der Waals surface area contributed by atoms with E-state index in [-0.39, 0.29) is 29.4 Å². The van der Waals surface area contributed by atoms with Crippen molar-refractivity contribution in [1.29, 1.82) is 0 Å². The van der Waals surface area contributed by atoms with Crippen LogP contribution in [0.1, 0.15) is 37.4 Å². The van der Waals surface area contributed by atoms with E-state index in [9.17, 15) is 0 Å². The van der Waals surface area contributed by atoms with Gasteiger partial charge in [-0.2, -0.15) is 0 Å². The third kappa shape index (κ3) is 9.52. The summed E-state index contributed by atoms with van der Waals surface area (Å²) in [6.45, 7) is 12.4. The first-order chi connectivity index (χ1) is 10.4. The Hall–Kier alpha value is -0.340. The molecule has 1 rings (SSSR count). The molecule has 0 saturated carbocycles. The number of nitrogens with zero attached hydrogens (tertiary/aromatic N) is 2. The van der Waals surface area contributed by atoms with Gasteiger partial charge >= 0.3 is 0 Å². The fourth-order valence-corrected chi connectivity index (χ4v) is 3.31. The van der Waals surface area contributed by atoms with Crippen molar-refractivity contribution in [2.75, 3.05) is 33.7 Å². The van der Waals surface area contributed by atoms with Crippen LogP contribution in [0, 0.1) is 5.41 Å². The molecule has 23 heavy (non-hydrogen) atoms. The molecule has 6 heteroatoms. The molecule has 0 atom stereocenters. The Kier molecular flexibility index (Phi) is 11.1. The van der Waals surface area contributed by atoms with Gasteiger partial charge in [-0.3, -0.25) is 0 Å². The molecule has 1 aromatic rings. The number of hydrogen-bond donors (Lipinski definition) is 2. The lowest BCUT2D eigenvalue weighted by molar-refractivity contribution is 0.241. The Morgan fingerprint density at radius 3 is 2.35 bits per heavy atom. The zero-order chi connectivity index (χ0) is 16.6. The van der Waals surface area contributed by atoms with E-state index in [1.807, 2.05) is 11.3 Å². The van der Waals surface area contributed by atoms with Crippen LogP contribution in [-0.2, 0) is 13.0 Å². The third-order valence-corrected chi connectivity index (χ3v) is 4.50. The molecule has 0 amide bonds. The summed E-state index contributed by atoms with van der Waals surface area (Å²) in [5.41, 5.74) is 0.206. The molecule has 4 nitrogen and oxygen atoms in total. The molecule has 0 spiro atoms. The van der Waals surface area contributed by atoms with Crippen LogP contribution < -0.4 is 10.6 Å². The second-order valence-corrected chi connectivity index (χ2v) is 7.93. The monoisotopic (exact) mass is 452 g/mol. The first-order valence-electron chi connectivity index (χ1n) is 8.10. The summed E-state index contributed by atoms with van der Waals surface area (Å²) in [4.78, 5) is 9.68. The molecule has 0 aliphatic heterocycles. The van der Waals surface area contributed by atoms with Gasteiger partial charge in [0.2, 0.25) is 0 Å². The van der Waals surface area contributed by atoms with E-state index < -0.39 is 0 Å². The summed E-state index contributed by atoms with van der Waals surface area (Å²) < 4.78 is 0. The third-order valence-electron chi connectivity index (χ3n) is 3.28. The van der Waals surface area contributed by atoms with Gasteiger partial charge in [0.15, 0.2) is 5.96 Å². The fraction of sp³-hybridized carbons (Fsp3) is 0.706. The lowest BCUT2D eigenvalue weighted by atomic mass is 9.93. The van der Waals surface area contributed by atoms with Crippen molar-refractivity contribution in [2.45, 2.75) is 40.7 Å². The maximum Gasteiger partial charge on any atom is 0.191 e. The van der Waals surface area contributed by atoms with Crippen LogP contribution in [0.3, 0.4) is 0 Å². The molecule has 0 aliphatic carbocycles. The van der Waals surface area contributed by atoms with Gasteiger partial charge in [-0.1, -0.05) is 20.8 Å². The van der Waals surface area contributed by atoms with Gasteiger partial charge in [-0.05, 0) is 45.0 Å². The van der Waals surface area contributed by atoms with Crippen LogP contribution >= 0.6 is 35.3 Å². The van der Waals surface area contributed by atoms with Gasteiger partial charge in [0, 0.05) is 29.4 Å². The predicted molar refractivity (Wildman–Crippen MR) is 114 cm³/mol. The lowest BCUT2D eigenvalue weighted by Gasteiger charge is -2.29. The van der Waals surface area contributed by atoms with Gasteiger partial charge in [-0.25, -0.2) is 4.99 Å². The van der Waals surface area contributed by atoms with Gasteiger partial charge in [0.1, 0.15) is 0 Å². The van der Waals surface area contributed by atoms with Crippen molar-refractivity contribution in [3.8, 4) is 0 Å². The molecule has 134 valence electrons. The highest BCUT2D eigenvalue weighted by Crippen LogP contribution is 2.18. The van der Waals surface area contributed by atoms with Crippen LogP contribution in [-0.4, -0.2) is 44.6 Å². The summed E-state index contributed by atoms with van der Waals surface area (Å²) in [7, 11) is 4.23. The Morgan fingerprint density at radius 1 is 1.17 bits per heavy atom. The van der Waals surface area contributed by atoms with E-state index in [4.69, 9.17) is 4.99 Å². The average molecular weight is 452 g/mol. The second-order valence-electron chi connectivity index (χ2n) is 6.67. The van der Waals surface area contributed by atoms with E-state index in [0.29, 0.717) is 0 Å². The van der Waals surface area contributed by atoms with Crippen LogP contribution in [0.25, 0.3) is 0 Å². The molecule has 0 fully saturated rings. The zero-order valence-corrected chi connectivity index (χ0v) is 18.5. The molecule has 0 radical (unpaired) electrons. The number of thiophene rings is 1. The van der Waals surface area contributed by atoms with Crippen LogP contribution in [0.5, 0.6) is 0 Å². The summed E-state index contributed by atoms with van der Waals surface area (Å²) in [6, 6.07) is 4.39. The van der Waals surface area contributed by atoms with E-state index in [1.165, 1.54) is 9.75 Å². The Morgan fingerprint density at radius 2 is 1.83 bits per heavy atom. The van der Waals surface area contributed by atoms with Crippen LogP contribution in [0.4, 0.5) is 0 Å². The first kappa shape index (κ1) is 22.7. The summed E-state index contributed by atoms with van der Waals surface area (Å²) in [5.74, 6) is 0.903. The predicted octanol–water partition coefficient (Wildman–Crippen LogP) is 3.57. The number of rotatable bonds is 8. The highest BCUT2D eigenvalue weighted by Gasteiger charge is 2.19. The lowest BCUT2D eigenvalue weighted by Crippen LogP contribution is -2.44. The van der Waals surface area contributed by atoms with E-state index in [2.05, 4.69) is 69.5 Å². The van der Waals surface area contributed by atoms with Crippen molar-refractivity contribution in [3.63, 3.8) is 0 Å². The van der Waals surface area contributed by atoms with Crippen molar-refractivity contribution >= 4 is 41.3 Å². The minimum absolute atomic E-state index is 0. The minimum Gasteiger partial charge on any atom is -0.357 e. The zero-order valence-electron chi connectivity index (χ0n) is 15.4. The standard InChI is InChI=1S/C17H32N4S.HI/c1-7-14-9-10-15(22-14)11-19-16(18-8-2)20-12-17(3,4)13-21(5)6;/h9-10H,7-8,11-13H2,1-6H3,(H2,18,19,20);1H. The quantitative estimate of drug-likeness (QED) is 0.360. The molecule has 1 heterocycles. The van der Waals surface area contributed by atoms with Crippen molar-refractivity contribution in [3.05, 3.63) is 21.9 Å². The van der Waals surface area contributed by atoms with Crippen molar-refractivity contribution in [2.24, 2.45) is 10.4 Å². The first-order valence-corrected chi connectivity index (χ1v) is 8.92. The molecule has 0 saturated heterocycles. The summed E-state index contributed by atoms with van der Waals surface area (Å²) >= 11 is 1.86. The number of halogens is 1. The molecule has 0 aliphatic rings.